The second-order valence-corrected chi connectivity index (χ2v) is 5.21. The molecule has 0 radical (unpaired) electrons. The molecule has 1 saturated carbocycles. The van der Waals surface area contributed by atoms with Crippen LogP contribution in [0.2, 0.25) is 0 Å². The predicted molar refractivity (Wildman–Crippen MR) is 83.5 cm³/mol. The Bertz CT molecular complexity index is 598. The van der Waals surface area contributed by atoms with Crippen molar-refractivity contribution in [3.05, 3.63) is 52.9 Å². The molecule has 3 nitrogen and oxygen atoms in total. The zero-order chi connectivity index (χ0) is 15.2. The van der Waals surface area contributed by atoms with Crippen LogP contribution < -0.4 is 0 Å². The van der Waals surface area contributed by atoms with E-state index >= 15 is 0 Å². The highest BCUT2D eigenvalue weighted by atomic mass is 19.1. The van der Waals surface area contributed by atoms with E-state index in [-0.39, 0.29) is 11.6 Å². The Labute approximate surface area is 124 Å². The van der Waals surface area contributed by atoms with Crippen molar-refractivity contribution in [1.82, 2.24) is 5.01 Å². The first-order valence-electron chi connectivity index (χ1n) is 6.97. The molecule has 110 valence electrons. The highest BCUT2D eigenvalue weighted by Gasteiger charge is 2.19. The largest absolute Gasteiger partial charge is 0.303 e. The summed E-state index contributed by atoms with van der Waals surface area (Å²) in [6.45, 7) is 0. The lowest BCUT2D eigenvalue weighted by Gasteiger charge is -2.16. The molecule has 1 fully saturated rings. The van der Waals surface area contributed by atoms with Crippen molar-refractivity contribution >= 4 is 18.1 Å². The van der Waals surface area contributed by atoms with Gasteiger partial charge in [-0.2, -0.15) is 5.10 Å². The van der Waals surface area contributed by atoms with E-state index in [1.54, 1.807) is 29.4 Å². The van der Waals surface area contributed by atoms with Gasteiger partial charge in [0.1, 0.15) is 5.82 Å². The van der Waals surface area contributed by atoms with Crippen molar-refractivity contribution in [1.29, 1.82) is 0 Å². The molecular formula is C17H19FN2O. The molecule has 0 heterocycles. The molecular weight excluding hydrogens is 267 g/mol. The predicted octanol–water partition coefficient (Wildman–Crippen LogP) is 3.44. The molecule has 1 aromatic rings. The average molecular weight is 286 g/mol. The van der Waals surface area contributed by atoms with E-state index in [2.05, 4.69) is 5.10 Å². The number of carbonyl (C=O) groups excluding carboxylic acids is 1. The zero-order valence-corrected chi connectivity index (χ0v) is 12.3. The van der Waals surface area contributed by atoms with Crippen molar-refractivity contribution in [3.63, 3.8) is 0 Å². The van der Waals surface area contributed by atoms with Crippen LogP contribution in [0.5, 0.6) is 0 Å². The average Bonchev–Trinajstić information content (AvgIpc) is 2.45. The lowest BCUT2D eigenvalue weighted by atomic mass is 9.87. The quantitative estimate of drug-likeness (QED) is 0.484. The number of nitrogens with zero attached hydrogens (tertiary/aromatic N) is 2. The van der Waals surface area contributed by atoms with Gasteiger partial charge >= 0.3 is 0 Å². The summed E-state index contributed by atoms with van der Waals surface area (Å²) in [5.74, 6) is -0.205. The third kappa shape index (κ3) is 4.38. The maximum Gasteiger partial charge on any atom is 0.185 e. The van der Waals surface area contributed by atoms with E-state index in [9.17, 15) is 9.18 Å². The number of benzene rings is 1. The number of halogens is 1. The first-order valence-corrected chi connectivity index (χ1v) is 6.97. The minimum Gasteiger partial charge on any atom is -0.303 e. The molecule has 21 heavy (non-hydrogen) atoms. The normalized spacial score (nSPS) is 19.7. The summed E-state index contributed by atoms with van der Waals surface area (Å²) in [7, 11) is 3.66. The Morgan fingerprint density at radius 1 is 1.14 bits per heavy atom. The van der Waals surface area contributed by atoms with Gasteiger partial charge in [-0.1, -0.05) is 12.1 Å². The molecule has 2 rings (SSSR count). The highest BCUT2D eigenvalue weighted by Crippen LogP contribution is 2.26. The lowest BCUT2D eigenvalue weighted by molar-refractivity contribution is -0.112. The molecule has 0 bridgehead atoms. The number of Topliss-reactive ketones (excluding diaryl/α,β-unsaturated/α-hetero) is 1. The van der Waals surface area contributed by atoms with Gasteiger partial charge in [0.15, 0.2) is 5.78 Å². The number of hydrogen-bond donors (Lipinski definition) is 0. The number of carbonyl (C=O) groups is 1. The number of hydrazone groups is 1. The van der Waals surface area contributed by atoms with Gasteiger partial charge in [-0.15, -0.1) is 0 Å². The molecule has 0 spiro atoms. The fourth-order valence-corrected chi connectivity index (χ4v) is 2.22. The van der Waals surface area contributed by atoms with Gasteiger partial charge in [-0.05, 0) is 49.1 Å². The Kier molecular flexibility index (Phi) is 5.04. The van der Waals surface area contributed by atoms with Crippen LogP contribution in [0.3, 0.4) is 0 Å². The SMILES string of the molecule is CN(C)/N=C\C=C1/CCC/C(=C\c2ccc(F)cc2)C1=O. The van der Waals surface area contributed by atoms with Crippen molar-refractivity contribution in [3.8, 4) is 0 Å². The fraction of sp³-hybridized carbons (Fsp3) is 0.294. The first-order chi connectivity index (χ1) is 10.1. The summed E-state index contributed by atoms with van der Waals surface area (Å²) in [5, 5.41) is 5.77. The van der Waals surface area contributed by atoms with E-state index in [4.69, 9.17) is 0 Å². The molecule has 1 aromatic carbocycles. The van der Waals surface area contributed by atoms with E-state index in [1.165, 1.54) is 12.1 Å². The van der Waals surface area contributed by atoms with Crippen LogP contribution in [0.15, 0.2) is 46.6 Å². The smallest absolute Gasteiger partial charge is 0.185 e. The van der Waals surface area contributed by atoms with Crippen LogP contribution in [0.25, 0.3) is 6.08 Å². The molecule has 0 saturated heterocycles. The monoisotopic (exact) mass is 286 g/mol. The van der Waals surface area contributed by atoms with Gasteiger partial charge in [0.05, 0.1) is 0 Å². The van der Waals surface area contributed by atoms with Crippen molar-refractivity contribution in [2.24, 2.45) is 5.10 Å². The molecule has 0 aliphatic heterocycles. The topological polar surface area (TPSA) is 32.7 Å². The van der Waals surface area contributed by atoms with Gasteiger partial charge in [-0.25, -0.2) is 4.39 Å². The maximum absolute atomic E-state index is 12.9. The molecule has 4 heteroatoms. The van der Waals surface area contributed by atoms with Gasteiger partial charge in [-0.3, -0.25) is 4.79 Å². The minimum atomic E-state index is -0.271. The summed E-state index contributed by atoms with van der Waals surface area (Å²) >= 11 is 0. The van der Waals surface area contributed by atoms with E-state index in [1.807, 2.05) is 20.2 Å². The second kappa shape index (κ2) is 6.97. The molecule has 0 aromatic heterocycles. The fourth-order valence-electron chi connectivity index (χ4n) is 2.22. The third-order valence-corrected chi connectivity index (χ3v) is 3.26. The molecule has 0 atom stereocenters. The third-order valence-electron chi connectivity index (χ3n) is 3.26. The summed E-state index contributed by atoms with van der Waals surface area (Å²) in [4.78, 5) is 12.4. The molecule has 1 aliphatic rings. The van der Waals surface area contributed by atoms with Gasteiger partial charge in [0.2, 0.25) is 0 Å². The molecule has 0 N–H and O–H groups in total. The summed E-state index contributed by atoms with van der Waals surface area (Å²) in [5.41, 5.74) is 2.40. The zero-order valence-electron chi connectivity index (χ0n) is 12.3. The summed E-state index contributed by atoms with van der Waals surface area (Å²) < 4.78 is 12.9. The van der Waals surface area contributed by atoms with Gasteiger partial charge in [0, 0.05) is 31.5 Å². The van der Waals surface area contributed by atoms with Crippen LogP contribution in [0, 0.1) is 5.82 Å². The standard InChI is InChI=1S/C17H19FN2O/c1-20(2)19-11-10-14-4-3-5-15(17(14)21)12-13-6-8-16(18)9-7-13/h6-12H,3-5H2,1-2H3/b14-10+,15-12+,19-11-. The van der Waals surface area contributed by atoms with Crippen LogP contribution in [-0.4, -0.2) is 31.1 Å². The Balaban J connectivity index is 2.18. The van der Waals surface area contributed by atoms with Gasteiger partial charge in [0.25, 0.3) is 0 Å². The number of ketones is 1. The van der Waals surface area contributed by atoms with Crippen LogP contribution in [-0.2, 0) is 4.79 Å². The number of allylic oxidation sites excluding steroid dienone is 3. The van der Waals surface area contributed by atoms with Crippen LogP contribution >= 0.6 is 0 Å². The highest BCUT2D eigenvalue weighted by molar-refractivity contribution is 6.13. The van der Waals surface area contributed by atoms with E-state index < -0.39 is 0 Å². The molecule has 1 aliphatic carbocycles. The Morgan fingerprint density at radius 3 is 2.48 bits per heavy atom. The van der Waals surface area contributed by atoms with Gasteiger partial charge < -0.3 is 5.01 Å². The summed E-state index contributed by atoms with van der Waals surface area (Å²) in [6.07, 6.45) is 7.75. The maximum atomic E-state index is 12.9. The Morgan fingerprint density at radius 2 is 1.81 bits per heavy atom. The van der Waals surface area contributed by atoms with Crippen molar-refractivity contribution in [2.75, 3.05) is 14.1 Å². The summed E-state index contributed by atoms with van der Waals surface area (Å²) in [6, 6.07) is 6.17. The molecule has 0 unspecified atom stereocenters. The minimum absolute atomic E-state index is 0.0655. The van der Waals surface area contributed by atoms with E-state index in [0.717, 1.165) is 36.0 Å². The second-order valence-electron chi connectivity index (χ2n) is 5.21. The number of hydrogen-bond acceptors (Lipinski definition) is 3. The number of rotatable bonds is 3. The van der Waals surface area contributed by atoms with Crippen molar-refractivity contribution < 1.29 is 9.18 Å². The lowest BCUT2D eigenvalue weighted by Crippen LogP contribution is -2.12. The molecule has 0 amide bonds. The van der Waals surface area contributed by atoms with Crippen molar-refractivity contribution in [2.45, 2.75) is 19.3 Å². The Hall–Kier alpha value is -2.23. The first kappa shape index (κ1) is 15.2. The van der Waals surface area contributed by atoms with Crippen LogP contribution in [0.4, 0.5) is 4.39 Å². The van der Waals surface area contributed by atoms with E-state index in [0.29, 0.717) is 0 Å². The van der Waals surface area contributed by atoms with Crippen LogP contribution in [0.1, 0.15) is 24.8 Å².